The van der Waals surface area contributed by atoms with Crippen molar-refractivity contribution in [2.45, 2.75) is 65.7 Å². The van der Waals surface area contributed by atoms with Crippen LogP contribution < -0.4 is 0 Å². The van der Waals surface area contributed by atoms with Crippen molar-refractivity contribution in [2.24, 2.45) is 45.3 Å². The molecule has 0 saturated heterocycles. The Balaban J connectivity index is 1.60. The molecular weight excluding hydrogens is 288 g/mol. The van der Waals surface area contributed by atoms with Crippen molar-refractivity contribution in [2.75, 3.05) is 0 Å². The summed E-state index contributed by atoms with van der Waals surface area (Å²) in [6.45, 7) is 6.53. The first kappa shape index (κ1) is 14.5. The number of carboxylic acid groups (broad SMARTS) is 1. The van der Waals surface area contributed by atoms with Crippen LogP contribution in [0.2, 0.25) is 0 Å². The lowest BCUT2D eigenvalue weighted by Gasteiger charge is -2.64. The minimum Gasteiger partial charge on any atom is -0.481 e. The van der Waals surface area contributed by atoms with E-state index in [1.54, 1.807) is 0 Å². The van der Waals surface area contributed by atoms with Gasteiger partial charge in [0.2, 0.25) is 0 Å². The van der Waals surface area contributed by atoms with Gasteiger partial charge in [-0.05, 0) is 74.5 Å². The van der Waals surface area contributed by atoms with E-state index in [0.717, 1.165) is 38.5 Å². The molecule has 0 aromatic rings. The van der Waals surface area contributed by atoms with Gasteiger partial charge in [-0.1, -0.05) is 20.3 Å². The van der Waals surface area contributed by atoms with Crippen LogP contribution in [0.3, 0.4) is 0 Å². The van der Waals surface area contributed by atoms with Gasteiger partial charge in [-0.3, -0.25) is 9.59 Å². The molecule has 6 fully saturated rings. The van der Waals surface area contributed by atoms with Crippen molar-refractivity contribution in [3.63, 3.8) is 0 Å². The maximum Gasteiger partial charge on any atom is 0.309 e. The SMILES string of the molecule is C[C@@]12CCC[C@@](C)(C(=O)O)[C@H]1CC[C@@]13C[C@H]4[C@@H](C[C@@H]12)[C@@]4(C)C3=O. The van der Waals surface area contributed by atoms with E-state index in [0.29, 0.717) is 23.5 Å². The lowest BCUT2D eigenvalue weighted by atomic mass is 9.39. The van der Waals surface area contributed by atoms with Gasteiger partial charge < -0.3 is 5.11 Å². The highest BCUT2D eigenvalue weighted by atomic mass is 16.4. The first-order chi connectivity index (χ1) is 10.7. The van der Waals surface area contributed by atoms with Crippen LogP contribution in [0.25, 0.3) is 0 Å². The molecule has 3 heteroatoms. The van der Waals surface area contributed by atoms with Crippen molar-refractivity contribution < 1.29 is 14.7 Å². The molecule has 0 aromatic heterocycles. The summed E-state index contributed by atoms with van der Waals surface area (Å²) in [4.78, 5) is 25.3. The lowest BCUT2D eigenvalue weighted by molar-refractivity contribution is -0.188. The molecule has 0 amide bonds. The summed E-state index contributed by atoms with van der Waals surface area (Å²) >= 11 is 0. The molecule has 6 aliphatic rings. The van der Waals surface area contributed by atoms with Gasteiger partial charge in [-0.25, -0.2) is 0 Å². The normalized spacial score (nSPS) is 62.5. The van der Waals surface area contributed by atoms with Crippen LogP contribution in [0, 0.1) is 45.3 Å². The number of rotatable bonds is 1. The number of Topliss-reactive ketones (excluding diaryl/α,β-unsaturated/α-hetero) is 1. The van der Waals surface area contributed by atoms with E-state index in [2.05, 4.69) is 13.8 Å². The summed E-state index contributed by atoms with van der Waals surface area (Å²) in [6, 6.07) is 0. The minimum absolute atomic E-state index is 0.00443. The number of carboxylic acids is 1. The number of carbonyl (C=O) groups is 2. The zero-order valence-corrected chi connectivity index (χ0v) is 14.5. The topological polar surface area (TPSA) is 54.4 Å². The zero-order chi connectivity index (χ0) is 16.4. The molecule has 1 spiro atoms. The summed E-state index contributed by atoms with van der Waals surface area (Å²) in [5.41, 5.74) is -0.625. The molecule has 3 nitrogen and oxygen atoms in total. The molecule has 4 bridgehead atoms. The maximum absolute atomic E-state index is 13.3. The van der Waals surface area contributed by atoms with E-state index < -0.39 is 11.4 Å². The first-order valence-corrected chi connectivity index (χ1v) is 9.49. The third kappa shape index (κ3) is 1.27. The zero-order valence-electron chi connectivity index (χ0n) is 14.5. The lowest BCUT2D eigenvalue weighted by Crippen LogP contribution is -2.61. The average molecular weight is 316 g/mol. The Labute approximate surface area is 138 Å². The predicted octanol–water partition coefficient (Wildman–Crippen LogP) is 3.91. The molecule has 0 heterocycles. The van der Waals surface area contributed by atoms with E-state index in [-0.39, 0.29) is 22.2 Å². The molecule has 6 saturated carbocycles. The molecule has 0 unspecified atom stereocenters. The van der Waals surface area contributed by atoms with Crippen molar-refractivity contribution >= 4 is 11.8 Å². The molecule has 126 valence electrons. The highest BCUT2D eigenvalue weighted by Gasteiger charge is 2.83. The van der Waals surface area contributed by atoms with Crippen molar-refractivity contribution in [1.29, 1.82) is 0 Å². The first-order valence-electron chi connectivity index (χ1n) is 9.49. The molecule has 23 heavy (non-hydrogen) atoms. The second kappa shape index (κ2) is 3.70. The number of carbonyl (C=O) groups excluding carboxylic acids is 1. The molecule has 8 atom stereocenters. The van der Waals surface area contributed by atoms with Gasteiger partial charge in [0.05, 0.1) is 5.41 Å². The number of fused-ring (bicyclic) bond motifs is 1. The number of ketones is 1. The minimum atomic E-state index is -0.616. The van der Waals surface area contributed by atoms with Crippen LogP contribution in [0.1, 0.15) is 65.7 Å². The van der Waals surface area contributed by atoms with Gasteiger partial charge in [-0.2, -0.15) is 0 Å². The molecular formula is C20H28O3. The standard InChI is InChI=1S/C20H28O3/c1-17-6-4-7-18(2,16(22)23)13(17)5-8-20-10-12-11(9-14(17)20)19(12,3)15(20)21/h11-14H,4-10H2,1-3H3,(H,22,23)/t11-,12+,13+,14-,17-,18-,19-,20-/m1/s1. The van der Waals surface area contributed by atoms with E-state index >= 15 is 0 Å². The summed E-state index contributed by atoms with van der Waals surface area (Å²) in [5.74, 6) is 1.90. The molecule has 6 rings (SSSR count). The van der Waals surface area contributed by atoms with E-state index in [9.17, 15) is 14.7 Å². The summed E-state index contributed by atoms with van der Waals surface area (Å²) in [7, 11) is 0. The Hall–Kier alpha value is -0.860. The van der Waals surface area contributed by atoms with Crippen LogP contribution in [-0.2, 0) is 9.59 Å². The Bertz CT molecular complexity index is 641. The molecule has 0 aliphatic heterocycles. The Morgan fingerprint density at radius 3 is 2.43 bits per heavy atom. The Morgan fingerprint density at radius 2 is 1.83 bits per heavy atom. The largest absolute Gasteiger partial charge is 0.481 e. The van der Waals surface area contributed by atoms with Crippen LogP contribution in [-0.4, -0.2) is 16.9 Å². The quantitative estimate of drug-likeness (QED) is 0.798. The van der Waals surface area contributed by atoms with Crippen LogP contribution in [0.4, 0.5) is 0 Å². The highest BCUT2D eigenvalue weighted by Crippen LogP contribution is 2.83. The molecule has 6 aliphatic carbocycles. The smallest absolute Gasteiger partial charge is 0.309 e. The maximum atomic E-state index is 13.3. The highest BCUT2D eigenvalue weighted by molar-refractivity contribution is 5.98. The second-order valence-corrected chi connectivity index (χ2v) is 10.1. The van der Waals surface area contributed by atoms with Crippen LogP contribution in [0.15, 0.2) is 0 Å². The van der Waals surface area contributed by atoms with Crippen LogP contribution in [0.5, 0.6) is 0 Å². The third-order valence-corrected chi connectivity index (χ3v) is 9.74. The van der Waals surface area contributed by atoms with E-state index in [1.165, 1.54) is 6.42 Å². The third-order valence-electron chi connectivity index (χ3n) is 9.74. The fourth-order valence-electron chi connectivity index (χ4n) is 8.53. The number of hydrogen-bond acceptors (Lipinski definition) is 2. The van der Waals surface area contributed by atoms with Crippen LogP contribution >= 0.6 is 0 Å². The average Bonchev–Trinajstić information content (AvgIpc) is 3.03. The van der Waals surface area contributed by atoms with Crippen molar-refractivity contribution in [1.82, 2.24) is 0 Å². The molecule has 0 radical (unpaired) electrons. The monoisotopic (exact) mass is 316 g/mol. The molecule has 0 aromatic carbocycles. The Kier molecular flexibility index (Phi) is 2.33. The van der Waals surface area contributed by atoms with Crippen molar-refractivity contribution in [3.8, 4) is 0 Å². The van der Waals surface area contributed by atoms with Crippen molar-refractivity contribution in [3.05, 3.63) is 0 Å². The van der Waals surface area contributed by atoms with Gasteiger partial charge in [0, 0.05) is 10.8 Å². The number of hydrogen-bond donors (Lipinski definition) is 1. The van der Waals surface area contributed by atoms with E-state index in [1.807, 2.05) is 6.92 Å². The Morgan fingerprint density at radius 1 is 1.09 bits per heavy atom. The summed E-state index contributed by atoms with van der Waals surface area (Å²) in [6.07, 6.45) is 7.13. The van der Waals surface area contributed by atoms with Gasteiger partial charge in [0.25, 0.3) is 0 Å². The fraction of sp³-hybridized carbons (Fsp3) is 0.900. The van der Waals surface area contributed by atoms with Gasteiger partial charge in [0.15, 0.2) is 0 Å². The summed E-state index contributed by atoms with van der Waals surface area (Å²) in [5, 5.41) is 9.91. The van der Waals surface area contributed by atoms with Gasteiger partial charge in [-0.15, -0.1) is 0 Å². The number of aliphatic carboxylic acids is 1. The summed E-state index contributed by atoms with van der Waals surface area (Å²) < 4.78 is 0. The fourth-order valence-corrected chi connectivity index (χ4v) is 8.53. The second-order valence-electron chi connectivity index (χ2n) is 10.1. The van der Waals surface area contributed by atoms with Gasteiger partial charge in [0.1, 0.15) is 5.78 Å². The van der Waals surface area contributed by atoms with Gasteiger partial charge >= 0.3 is 5.97 Å². The molecule has 1 N–H and O–H groups in total. The predicted molar refractivity (Wildman–Crippen MR) is 85.7 cm³/mol. The van der Waals surface area contributed by atoms with E-state index in [4.69, 9.17) is 0 Å².